The van der Waals surface area contributed by atoms with Crippen molar-refractivity contribution < 1.29 is 28.4 Å². The van der Waals surface area contributed by atoms with Crippen molar-refractivity contribution in [2.45, 2.75) is 141 Å². The first-order valence-corrected chi connectivity index (χ1v) is 20.1. The summed E-state index contributed by atoms with van der Waals surface area (Å²) in [6, 6.07) is 15.3. The minimum Gasteiger partial charge on any atom is -0.494 e. The van der Waals surface area contributed by atoms with Gasteiger partial charge in [0.25, 0.3) is 0 Å². The molecule has 3 rings (SSSR count). The third-order valence-corrected chi connectivity index (χ3v) is 10.4. The van der Waals surface area contributed by atoms with Gasteiger partial charge in [-0.1, -0.05) is 91.0 Å². The van der Waals surface area contributed by atoms with E-state index in [9.17, 15) is 0 Å². The molecule has 7 heteroatoms. The summed E-state index contributed by atoms with van der Waals surface area (Å²) in [6.45, 7) is 18.0. The summed E-state index contributed by atoms with van der Waals surface area (Å²) in [4.78, 5) is 0. The van der Waals surface area contributed by atoms with Crippen molar-refractivity contribution in [1.82, 2.24) is 0 Å². The molecule has 0 aromatic heterocycles. The molecule has 1 heterocycles. The van der Waals surface area contributed by atoms with Crippen molar-refractivity contribution >= 4 is 11.8 Å². The van der Waals surface area contributed by atoms with Gasteiger partial charge in [-0.05, 0) is 73.9 Å². The maximum Gasteiger partial charge on any atom is 0.122 e. The number of unbranched alkanes of at least 4 members (excludes halogenated alkanes) is 5. The summed E-state index contributed by atoms with van der Waals surface area (Å²) in [5, 5.41) is 0.208. The summed E-state index contributed by atoms with van der Waals surface area (Å²) in [5.41, 5.74) is 3.68. The Hall–Kier alpha value is -1.77. The van der Waals surface area contributed by atoms with Crippen LogP contribution in [0.4, 0.5) is 0 Å². The van der Waals surface area contributed by atoms with Crippen molar-refractivity contribution in [3.05, 3.63) is 59.2 Å². The van der Waals surface area contributed by atoms with Gasteiger partial charge in [-0.15, -0.1) is 11.8 Å². The smallest absolute Gasteiger partial charge is 0.122 e. The van der Waals surface area contributed by atoms with E-state index < -0.39 is 0 Å². The van der Waals surface area contributed by atoms with Gasteiger partial charge in [-0.2, -0.15) is 0 Å². The number of ether oxygens (including phenoxy) is 6. The van der Waals surface area contributed by atoms with Gasteiger partial charge in [0.15, 0.2) is 0 Å². The Balaban J connectivity index is 2.03. The lowest BCUT2D eigenvalue weighted by Gasteiger charge is -2.46. The van der Waals surface area contributed by atoms with Gasteiger partial charge in [0, 0.05) is 32.8 Å². The number of thioether (sulfide) groups is 1. The van der Waals surface area contributed by atoms with E-state index >= 15 is 0 Å². The zero-order chi connectivity index (χ0) is 34.4. The fourth-order valence-corrected chi connectivity index (χ4v) is 7.53. The lowest BCUT2D eigenvalue weighted by molar-refractivity contribution is -0.149. The highest BCUT2D eigenvalue weighted by atomic mass is 32.2. The molecule has 0 spiro atoms. The fourth-order valence-electron chi connectivity index (χ4n) is 5.90. The largest absolute Gasteiger partial charge is 0.494 e. The van der Waals surface area contributed by atoms with Crippen LogP contribution in [-0.2, 0) is 25.4 Å². The molecule has 1 aliphatic heterocycles. The SMILES string of the molecule is CCCCOC[C@H]1S[C@@H](c2ccc(OCCCC)c(Cc3ccc(OCC)cc3)c2)[C@H](OCCCC)[C@@H](OCCCC)[C@@H]1OCCCC. The summed E-state index contributed by atoms with van der Waals surface area (Å²) in [5.74, 6) is 1.86. The van der Waals surface area contributed by atoms with Crippen LogP contribution in [0.25, 0.3) is 0 Å². The molecule has 0 aliphatic carbocycles. The molecular weight excluding hydrogens is 621 g/mol. The maximum absolute atomic E-state index is 6.85. The standard InChI is InChI=1S/C41H66O6S/c1-7-13-24-42-31-37-38(45-26-15-9-3)39(46-27-16-10-4)40(47-28-17-11-5)41(48-37)33-20-23-36(44-25-14-8-2)34(30-33)29-32-18-21-35(22-19-32)43-12-6/h18-23,30,37-41H,7-17,24-29,31H2,1-6H3/t37-,38-,39+,40-,41+/m1/s1. The molecule has 1 saturated heterocycles. The van der Waals surface area contributed by atoms with Gasteiger partial charge < -0.3 is 28.4 Å². The molecule has 0 saturated carbocycles. The Morgan fingerprint density at radius 3 is 1.79 bits per heavy atom. The Morgan fingerprint density at radius 1 is 0.583 bits per heavy atom. The van der Waals surface area contributed by atoms with Crippen molar-refractivity contribution in [3.8, 4) is 11.5 Å². The number of hydrogen-bond donors (Lipinski definition) is 0. The van der Waals surface area contributed by atoms with Crippen LogP contribution in [-0.4, -0.2) is 69.8 Å². The van der Waals surface area contributed by atoms with Crippen molar-refractivity contribution in [3.63, 3.8) is 0 Å². The summed E-state index contributed by atoms with van der Waals surface area (Å²) >= 11 is 1.96. The van der Waals surface area contributed by atoms with Gasteiger partial charge in [0.05, 0.1) is 30.3 Å². The van der Waals surface area contributed by atoms with E-state index in [0.29, 0.717) is 33.0 Å². The average Bonchev–Trinajstić information content (AvgIpc) is 3.10. The van der Waals surface area contributed by atoms with Gasteiger partial charge in [0.1, 0.15) is 29.8 Å². The van der Waals surface area contributed by atoms with E-state index in [1.165, 1.54) is 16.7 Å². The Labute approximate surface area is 297 Å². The second kappa shape index (κ2) is 24.4. The van der Waals surface area contributed by atoms with E-state index in [1.54, 1.807) is 0 Å². The highest BCUT2D eigenvalue weighted by Gasteiger charge is 2.48. The predicted molar refractivity (Wildman–Crippen MR) is 201 cm³/mol. The molecule has 2 aromatic rings. The second-order valence-corrected chi connectivity index (χ2v) is 14.3. The summed E-state index contributed by atoms with van der Waals surface area (Å²) in [6.07, 6.45) is 11.0. The molecule has 0 radical (unpaired) electrons. The molecule has 1 fully saturated rings. The Kier molecular flexibility index (Phi) is 20.7. The van der Waals surface area contributed by atoms with Crippen LogP contribution < -0.4 is 9.47 Å². The molecular formula is C41H66O6S. The molecule has 48 heavy (non-hydrogen) atoms. The minimum atomic E-state index is -0.175. The summed E-state index contributed by atoms with van der Waals surface area (Å²) in [7, 11) is 0. The molecule has 0 amide bonds. The van der Waals surface area contributed by atoms with Gasteiger partial charge >= 0.3 is 0 Å². The average molecular weight is 687 g/mol. The normalized spacial score (nSPS) is 21.0. The first-order valence-electron chi connectivity index (χ1n) is 19.1. The quantitative estimate of drug-likeness (QED) is 0.0913. The topological polar surface area (TPSA) is 55.4 Å². The van der Waals surface area contributed by atoms with Crippen molar-refractivity contribution in [2.75, 3.05) is 46.2 Å². The zero-order valence-electron chi connectivity index (χ0n) is 31.0. The van der Waals surface area contributed by atoms with Crippen LogP contribution in [0.1, 0.15) is 128 Å². The molecule has 2 aromatic carbocycles. The Bertz CT molecular complexity index is 1090. The lowest BCUT2D eigenvalue weighted by Crippen LogP contribution is -2.55. The monoisotopic (exact) mass is 686 g/mol. The lowest BCUT2D eigenvalue weighted by atomic mass is 9.93. The van der Waals surface area contributed by atoms with Crippen molar-refractivity contribution in [1.29, 1.82) is 0 Å². The third kappa shape index (κ3) is 13.5. The Morgan fingerprint density at radius 2 is 1.17 bits per heavy atom. The second-order valence-electron chi connectivity index (χ2n) is 12.9. The first kappa shape index (κ1) is 40.7. The van der Waals surface area contributed by atoms with Crippen molar-refractivity contribution in [2.24, 2.45) is 0 Å². The first-order chi connectivity index (χ1) is 23.6. The van der Waals surface area contributed by atoms with Crippen LogP contribution >= 0.6 is 11.8 Å². The molecule has 272 valence electrons. The molecule has 0 unspecified atom stereocenters. The molecule has 6 nitrogen and oxygen atoms in total. The maximum atomic E-state index is 6.85. The molecule has 1 aliphatic rings. The van der Waals surface area contributed by atoms with Crippen LogP contribution in [0.2, 0.25) is 0 Å². The fraction of sp³-hybridized carbons (Fsp3) is 0.707. The molecule has 0 N–H and O–H groups in total. The van der Waals surface area contributed by atoms with Crippen LogP contribution in [0.15, 0.2) is 42.5 Å². The molecule has 0 bridgehead atoms. The zero-order valence-corrected chi connectivity index (χ0v) is 31.8. The van der Waals surface area contributed by atoms with E-state index in [0.717, 1.165) is 95.3 Å². The van der Waals surface area contributed by atoms with E-state index in [-0.39, 0.29) is 28.8 Å². The highest BCUT2D eigenvalue weighted by molar-refractivity contribution is 8.00. The van der Waals surface area contributed by atoms with Gasteiger partial charge in [-0.25, -0.2) is 0 Å². The number of rotatable bonds is 26. The minimum absolute atomic E-state index is 0.0723. The van der Waals surface area contributed by atoms with Gasteiger partial charge in [0.2, 0.25) is 0 Å². The summed E-state index contributed by atoms with van der Waals surface area (Å²) < 4.78 is 38.8. The van der Waals surface area contributed by atoms with E-state index in [4.69, 9.17) is 28.4 Å². The van der Waals surface area contributed by atoms with E-state index in [2.05, 4.69) is 77.1 Å². The van der Waals surface area contributed by atoms with Crippen LogP contribution in [0.5, 0.6) is 11.5 Å². The van der Waals surface area contributed by atoms with Crippen LogP contribution in [0, 0.1) is 0 Å². The highest BCUT2D eigenvalue weighted by Crippen LogP contribution is 2.47. The third-order valence-electron chi connectivity index (χ3n) is 8.78. The van der Waals surface area contributed by atoms with Crippen LogP contribution in [0.3, 0.4) is 0 Å². The van der Waals surface area contributed by atoms with E-state index in [1.807, 2.05) is 18.7 Å². The number of benzene rings is 2. The number of hydrogen-bond acceptors (Lipinski definition) is 7. The predicted octanol–water partition coefficient (Wildman–Crippen LogP) is 10.4. The molecule has 5 atom stereocenters. The van der Waals surface area contributed by atoms with Gasteiger partial charge in [-0.3, -0.25) is 0 Å².